The monoisotopic (exact) mass is 224 g/mol. The van der Waals surface area contributed by atoms with Crippen molar-refractivity contribution in [3.63, 3.8) is 0 Å². The maximum atomic E-state index is 11.0. The SMILES string of the molecule is Cc1cc(C)c(CC(=O)O)c(C(=O)O)c1O. The minimum absolute atomic E-state index is 0.142. The summed E-state index contributed by atoms with van der Waals surface area (Å²) in [4.78, 5) is 21.6. The van der Waals surface area contributed by atoms with E-state index >= 15 is 0 Å². The molecule has 0 radical (unpaired) electrons. The Kier molecular flexibility index (Phi) is 3.17. The predicted molar refractivity (Wildman–Crippen MR) is 55.9 cm³/mol. The summed E-state index contributed by atoms with van der Waals surface area (Å²) >= 11 is 0. The highest BCUT2D eigenvalue weighted by atomic mass is 16.4. The highest BCUT2D eigenvalue weighted by molar-refractivity contribution is 5.95. The van der Waals surface area contributed by atoms with Crippen molar-refractivity contribution in [3.05, 3.63) is 28.3 Å². The van der Waals surface area contributed by atoms with Gasteiger partial charge in [-0.2, -0.15) is 0 Å². The van der Waals surface area contributed by atoms with Crippen LogP contribution in [0.25, 0.3) is 0 Å². The largest absolute Gasteiger partial charge is 0.507 e. The Bertz CT molecular complexity index is 462. The molecule has 0 aliphatic carbocycles. The first kappa shape index (κ1) is 12.0. The quantitative estimate of drug-likeness (QED) is 0.720. The molecule has 0 bridgehead atoms. The highest BCUT2D eigenvalue weighted by Crippen LogP contribution is 2.28. The summed E-state index contributed by atoms with van der Waals surface area (Å²) in [6.07, 6.45) is -0.415. The molecule has 0 atom stereocenters. The van der Waals surface area contributed by atoms with Gasteiger partial charge in [0, 0.05) is 0 Å². The molecule has 1 aromatic rings. The molecule has 0 unspecified atom stereocenters. The van der Waals surface area contributed by atoms with Crippen molar-refractivity contribution in [2.24, 2.45) is 0 Å². The molecule has 0 fully saturated rings. The van der Waals surface area contributed by atoms with Crippen molar-refractivity contribution >= 4 is 11.9 Å². The number of aromatic carboxylic acids is 1. The number of aromatic hydroxyl groups is 1. The summed E-state index contributed by atoms with van der Waals surface area (Å²) in [5, 5.41) is 27.3. The van der Waals surface area contributed by atoms with E-state index in [1.165, 1.54) is 0 Å². The Morgan fingerprint density at radius 1 is 1.19 bits per heavy atom. The topological polar surface area (TPSA) is 94.8 Å². The van der Waals surface area contributed by atoms with Crippen LogP contribution in [0.4, 0.5) is 0 Å². The first-order valence-corrected chi connectivity index (χ1v) is 4.61. The Labute approximate surface area is 92.0 Å². The second kappa shape index (κ2) is 4.22. The summed E-state index contributed by atoms with van der Waals surface area (Å²) in [6.45, 7) is 3.19. The number of carboxylic acids is 2. The van der Waals surface area contributed by atoms with Gasteiger partial charge in [-0.1, -0.05) is 6.07 Å². The molecule has 16 heavy (non-hydrogen) atoms. The van der Waals surface area contributed by atoms with Crippen molar-refractivity contribution in [3.8, 4) is 5.75 Å². The number of aliphatic carboxylic acids is 1. The molecule has 5 heteroatoms. The summed E-state index contributed by atoms with van der Waals surface area (Å²) in [6, 6.07) is 1.57. The van der Waals surface area contributed by atoms with Crippen molar-refractivity contribution in [1.29, 1.82) is 0 Å². The van der Waals surface area contributed by atoms with Gasteiger partial charge in [-0.25, -0.2) is 4.79 Å². The zero-order valence-corrected chi connectivity index (χ0v) is 8.94. The van der Waals surface area contributed by atoms with Crippen LogP contribution in [0.3, 0.4) is 0 Å². The summed E-state index contributed by atoms with van der Waals surface area (Å²) < 4.78 is 0. The van der Waals surface area contributed by atoms with E-state index in [1.54, 1.807) is 19.9 Å². The molecule has 86 valence electrons. The third-order valence-electron chi connectivity index (χ3n) is 2.36. The number of carbonyl (C=O) groups is 2. The van der Waals surface area contributed by atoms with Crippen LogP contribution in [0.5, 0.6) is 5.75 Å². The number of phenols is 1. The van der Waals surface area contributed by atoms with Crippen molar-refractivity contribution < 1.29 is 24.9 Å². The van der Waals surface area contributed by atoms with E-state index in [9.17, 15) is 14.7 Å². The number of hydrogen-bond acceptors (Lipinski definition) is 3. The van der Waals surface area contributed by atoms with Crippen LogP contribution in [-0.2, 0) is 11.2 Å². The maximum Gasteiger partial charge on any atom is 0.339 e. The molecule has 0 saturated heterocycles. The Hall–Kier alpha value is -2.04. The van der Waals surface area contributed by atoms with Crippen molar-refractivity contribution in [2.45, 2.75) is 20.3 Å². The van der Waals surface area contributed by atoms with Gasteiger partial charge in [0.2, 0.25) is 0 Å². The van der Waals surface area contributed by atoms with Crippen LogP contribution in [-0.4, -0.2) is 27.3 Å². The van der Waals surface area contributed by atoms with Gasteiger partial charge < -0.3 is 15.3 Å². The van der Waals surface area contributed by atoms with Gasteiger partial charge in [-0.05, 0) is 30.5 Å². The first-order chi connectivity index (χ1) is 7.34. The van der Waals surface area contributed by atoms with Gasteiger partial charge in [-0.3, -0.25) is 4.79 Å². The summed E-state index contributed by atoms with van der Waals surface area (Å²) in [5.41, 5.74) is 0.794. The molecular formula is C11H12O5. The predicted octanol–water partition coefficient (Wildman–Crippen LogP) is 1.33. The van der Waals surface area contributed by atoms with Crippen LogP contribution in [0.15, 0.2) is 6.07 Å². The van der Waals surface area contributed by atoms with Crippen molar-refractivity contribution in [2.75, 3.05) is 0 Å². The van der Waals surface area contributed by atoms with E-state index in [0.717, 1.165) is 0 Å². The summed E-state index contributed by atoms with van der Waals surface area (Å²) in [7, 11) is 0. The Morgan fingerprint density at radius 2 is 1.75 bits per heavy atom. The van der Waals surface area contributed by atoms with Gasteiger partial charge in [0.1, 0.15) is 11.3 Å². The lowest BCUT2D eigenvalue weighted by Crippen LogP contribution is -2.10. The fraction of sp³-hybridized carbons (Fsp3) is 0.273. The number of rotatable bonds is 3. The number of hydrogen-bond donors (Lipinski definition) is 3. The molecule has 0 aliphatic heterocycles. The number of benzene rings is 1. The lowest BCUT2D eigenvalue weighted by molar-refractivity contribution is -0.136. The van der Waals surface area contributed by atoms with Crippen LogP contribution >= 0.6 is 0 Å². The van der Waals surface area contributed by atoms with E-state index in [-0.39, 0.29) is 16.9 Å². The average molecular weight is 224 g/mol. The first-order valence-electron chi connectivity index (χ1n) is 4.61. The third kappa shape index (κ3) is 2.13. The number of carboxylic acid groups (broad SMARTS) is 2. The molecule has 1 aromatic carbocycles. The fourth-order valence-corrected chi connectivity index (χ4v) is 1.63. The zero-order valence-electron chi connectivity index (χ0n) is 8.94. The van der Waals surface area contributed by atoms with Crippen LogP contribution < -0.4 is 0 Å². The molecule has 0 spiro atoms. The second-order valence-corrected chi connectivity index (χ2v) is 3.59. The Morgan fingerprint density at radius 3 is 2.19 bits per heavy atom. The molecule has 0 saturated carbocycles. The van der Waals surface area contributed by atoms with E-state index in [0.29, 0.717) is 11.1 Å². The molecule has 0 heterocycles. The van der Waals surface area contributed by atoms with Gasteiger partial charge >= 0.3 is 11.9 Å². The van der Waals surface area contributed by atoms with Crippen LogP contribution in [0.2, 0.25) is 0 Å². The van der Waals surface area contributed by atoms with Crippen molar-refractivity contribution in [1.82, 2.24) is 0 Å². The third-order valence-corrected chi connectivity index (χ3v) is 2.36. The highest BCUT2D eigenvalue weighted by Gasteiger charge is 2.21. The van der Waals surface area contributed by atoms with E-state index in [1.807, 2.05) is 0 Å². The van der Waals surface area contributed by atoms with Gasteiger partial charge in [0.05, 0.1) is 6.42 Å². The average Bonchev–Trinajstić information content (AvgIpc) is 2.13. The minimum Gasteiger partial charge on any atom is -0.507 e. The van der Waals surface area contributed by atoms with Gasteiger partial charge in [0.15, 0.2) is 0 Å². The van der Waals surface area contributed by atoms with Crippen LogP contribution in [0.1, 0.15) is 27.0 Å². The minimum atomic E-state index is -1.32. The van der Waals surface area contributed by atoms with Gasteiger partial charge in [-0.15, -0.1) is 0 Å². The smallest absolute Gasteiger partial charge is 0.339 e. The number of aryl methyl sites for hydroxylation is 2. The lowest BCUT2D eigenvalue weighted by Gasteiger charge is -2.12. The van der Waals surface area contributed by atoms with Crippen LogP contribution in [0, 0.1) is 13.8 Å². The zero-order chi connectivity index (χ0) is 12.5. The normalized spacial score (nSPS) is 10.1. The van der Waals surface area contributed by atoms with E-state index in [4.69, 9.17) is 10.2 Å². The lowest BCUT2D eigenvalue weighted by atomic mass is 9.95. The summed E-state index contributed by atoms with van der Waals surface area (Å²) in [5.74, 6) is -2.82. The second-order valence-electron chi connectivity index (χ2n) is 3.59. The van der Waals surface area contributed by atoms with E-state index in [2.05, 4.69) is 0 Å². The standard InChI is InChI=1S/C11H12O5/c1-5-3-6(2)10(14)9(11(15)16)7(5)4-8(12)13/h3,14H,4H2,1-2H3,(H,12,13)(H,15,16). The Balaban J connectivity index is 3.50. The maximum absolute atomic E-state index is 11.0. The molecule has 0 aliphatic rings. The molecule has 1 rings (SSSR count). The molecule has 0 amide bonds. The van der Waals surface area contributed by atoms with E-state index < -0.39 is 18.4 Å². The fourth-order valence-electron chi connectivity index (χ4n) is 1.63. The molecule has 5 nitrogen and oxygen atoms in total. The van der Waals surface area contributed by atoms with Gasteiger partial charge in [0.25, 0.3) is 0 Å². The molecular weight excluding hydrogens is 212 g/mol. The molecule has 0 aromatic heterocycles. The molecule has 3 N–H and O–H groups in total.